The largest absolute Gasteiger partial charge is 0.497 e. The Balaban J connectivity index is 2.22. The second-order valence-electron chi connectivity index (χ2n) is 6.65. The van der Waals surface area contributed by atoms with Crippen molar-refractivity contribution in [3.8, 4) is 11.5 Å². The van der Waals surface area contributed by atoms with E-state index in [2.05, 4.69) is 17.6 Å². The number of carbonyl (C=O) groups is 1. The molecular weight excluding hydrogens is 360 g/mol. The number of rotatable bonds is 13. The van der Waals surface area contributed by atoms with Crippen LogP contribution in [0.5, 0.6) is 11.5 Å². The number of carbonyl (C=O) groups excluding carboxylic acids is 1. The van der Waals surface area contributed by atoms with E-state index in [9.17, 15) is 4.79 Å². The first-order valence-corrected chi connectivity index (χ1v) is 10.3. The second-order valence-corrected chi connectivity index (χ2v) is 7.06. The molecule has 27 heavy (non-hydrogen) atoms. The van der Waals surface area contributed by atoms with Gasteiger partial charge < -0.3 is 20.1 Å². The fraction of sp³-hybridized carbons (Fsp3) is 0.619. The van der Waals surface area contributed by atoms with Gasteiger partial charge in [-0.1, -0.05) is 58.3 Å². The van der Waals surface area contributed by atoms with Gasteiger partial charge in [-0.2, -0.15) is 0 Å². The van der Waals surface area contributed by atoms with Gasteiger partial charge in [0.2, 0.25) is 5.91 Å². The standard InChI is InChI=1S/C21H34N2O3S/c1-4-5-6-7-8-9-10-11-12-13-20(24)23-21(27)22-18-16-17(25-2)14-15-19(18)26-3/h14-16H,4-13H2,1-3H3,(H2,22,23,24,27). The van der Waals surface area contributed by atoms with Gasteiger partial charge in [0, 0.05) is 12.5 Å². The zero-order chi connectivity index (χ0) is 19.9. The van der Waals surface area contributed by atoms with Gasteiger partial charge in [-0.3, -0.25) is 4.79 Å². The Bertz CT molecular complexity index is 579. The quantitative estimate of drug-likeness (QED) is 0.345. The number of thiocarbonyl (C=S) groups is 1. The number of unbranched alkanes of at least 4 members (excludes halogenated alkanes) is 8. The van der Waals surface area contributed by atoms with Crippen molar-refractivity contribution in [1.82, 2.24) is 5.32 Å². The molecule has 1 rings (SSSR count). The van der Waals surface area contributed by atoms with E-state index in [1.54, 1.807) is 32.4 Å². The molecule has 152 valence electrons. The lowest BCUT2D eigenvalue weighted by molar-refractivity contribution is -0.119. The van der Waals surface area contributed by atoms with E-state index in [0.717, 1.165) is 12.8 Å². The van der Waals surface area contributed by atoms with Crippen LogP contribution in [0.4, 0.5) is 5.69 Å². The minimum Gasteiger partial charge on any atom is -0.497 e. The zero-order valence-electron chi connectivity index (χ0n) is 16.9. The van der Waals surface area contributed by atoms with Gasteiger partial charge in [0.05, 0.1) is 19.9 Å². The van der Waals surface area contributed by atoms with E-state index >= 15 is 0 Å². The highest BCUT2D eigenvalue weighted by Crippen LogP contribution is 2.28. The summed E-state index contributed by atoms with van der Waals surface area (Å²) in [5.74, 6) is 1.26. The monoisotopic (exact) mass is 394 g/mol. The van der Waals surface area contributed by atoms with Crippen LogP contribution in [0.15, 0.2) is 18.2 Å². The Morgan fingerprint density at radius 2 is 1.59 bits per heavy atom. The summed E-state index contributed by atoms with van der Waals surface area (Å²) < 4.78 is 10.5. The SMILES string of the molecule is CCCCCCCCCCCC(=O)NC(=S)Nc1cc(OC)ccc1OC. The first kappa shape index (κ1) is 23.2. The molecule has 1 amide bonds. The van der Waals surface area contributed by atoms with Crippen molar-refractivity contribution in [2.45, 2.75) is 71.1 Å². The van der Waals surface area contributed by atoms with Gasteiger partial charge >= 0.3 is 0 Å². The van der Waals surface area contributed by atoms with Crippen molar-refractivity contribution in [3.63, 3.8) is 0 Å². The average Bonchev–Trinajstić information content (AvgIpc) is 2.66. The summed E-state index contributed by atoms with van der Waals surface area (Å²) in [5.41, 5.74) is 0.658. The van der Waals surface area contributed by atoms with Crippen LogP contribution in [-0.2, 0) is 4.79 Å². The maximum absolute atomic E-state index is 12.0. The van der Waals surface area contributed by atoms with Crippen LogP contribution in [-0.4, -0.2) is 25.2 Å². The maximum atomic E-state index is 12.0. The highest BCUT2D eigenvalue weighted by molar-refractivity contribution is 7.80. The molecule has 0 heterocycles. The van der Waals surface area contributed by atoms with Crippen molar-refractivity contribution in [2.24, 2.45) is 0 Å². The van der Waals surface area contributed by atoms with Crippen molar-refractivity contribution in [3.05, 3.63) is 18.2 Å². The van der Waals surface area contributed by atoms with E-state index in [1.165, 1.54) is 44.9 Å². The van der Waals surface area contributed by atoms with E-state index in [1.807, 2.05) is 0 Å². The van der Waals surface area contributed by atoms with Gasteiger partial charge in [-0.15, -0.1) is 0 Å². The van der Waals surface area contributed by atoms with Crippen LogP contribution in [0.2, 0.25) is 0 Å². The highest BCUT2D eigenvalue weighted by Gasteiger charge is 2.09. The maximum Gasteiger partial charge on any atom is 0.226 e. The van der Waals surface area contributed by atoms with Crippen LogP contribution in [0, 0.1) is 0 Å². The molecule has 0 unspecified atom stereocenters. The Morgan fingerprint density at radius 1 is 0.963 bits per heavy atom. The molecule has 6 heteroatoms. The molecule has 0 aliphatic heterocycles. The molecule has 0 spiro atoms. The Morgan fingerprint density at radius 3 is 2.19 bits per heavy atom. The predicted octanol–water partition coefficient (Wildman–Crippen LogP) is 5.44. The van der Waals surface area contributed by atoms with Crippen LogP contribution in [0.3, 0.4) is 0 Å². The fourth-order valence-electron chi connectivity index (χ4n) is 2.85. The second kappa shape index (κ2) is 14.3. The Kier molecular flexibility index (Phi) is 12.3. The van der Waals surface area contributed by atoms with E-state index in [0.29, 0.717) is 23.6 Å². The van der Waals surface area contributed by atoms with Crippen molar-refractivity contribution in [2.75, 3.05) is 19.5 Å². The minimum atomic E-state index is -0.0580. The summed E-state index contributed by atoms with van der Waals surface area (Å²) in [7, 11) is 3.18. The first-order chi connectivity index (χ1) is 13.1. The summed E-state index contributed by atoms with van der Waals surface area (Å²) in [6.07, 6.45) is 11.6. The van der Waals surface area contributed by atoms with Crippen LogP contribution >= 0.6 is 12.2 Å². The smallest absolute Gasteiger partial charge is 0.226 e. The molecule has 0 saturated heterocycles. The number of hydrogen-bond acceptors (Lipinski definition) is 4. The van der Waals surface area contributed by atoms with Crippen LogP contribution in [0.1, 0.15) is 71.1 Å². The molecular formula is C21H34N2O3S. The summed E-state index contributed by atoms with van der Waals surface area (Å²) in [4.78, 5) is 12.0. The third-order valence-corrected chi connectivity index (χ3v) is 4.62. The van der Waals surface area contributed by atoms with Crippen molar-refractivity contribution < 1.29 is 14.3 Å². The third kappa shape index (κ3) is 10.2. The van der Waals surface area contributed by atoms with E-state index in [4.69, 9.17) is 21.7 Å². The van der Waals surface area contributed by atoms with Gasteiger partial charge in [-0.05, 0) is 30.8 Å². The lowest BCUT2D eigenvalue weighted by Crippen LogP contribution is -2.34. The first-order valence-electron chi connectivity index (χ1n) is 9.93. The molecule has 0 saturated carbocycles. The Hall–Kier alpha value is -1.82. The number of nitrogens with one attached hydrogen (secondary N) is 2. The molecule has 2 N–H and O–H groups in total. The summed E-state index contributed by atoms with van der Waals surface area (Å²) in [5, 5.41) is 5.99. The fourth-order valence-corrected chi connectivity index (χ4v) is 3.07. The van der Waals surface area contributed by atoms with Gasteiger partial charge in [0.25, 0.3) is 0 Å². The molecule has 1 aromatic carbocycles. The molecule has 0 radical (unpaired) electrons. The third-order valence-electron chi connectivity index (χ3n) is 4.42. The van der Waals surface area contributed by atoms with Gasteiger partial charge in [0.15, 0.2) is 5.11 Å². The molecule has 0 aliphatic rings. The molecule has 0 aromatic heterocycles. The van der Waals surface area contributed by atoms with Crippen molar-refractivity contribution in [1.29, 1.82) is 0 Å². The summed E-state index contributed by atoms with van der Waals surface area (Å²) >= 11 is 5.23. The number of ether oxygens (including phenoxy) is 2. The minimum absolute atomic E-state index is 0.0580. The van der Waals surface area contributed by atoms with Crippen molar-refractivity contribution >= 4 is 28.9 Å². The van der Waals surface area contributed by atoms with Gasteiger partial charge in [-0.25, -0.2) is 0 Å². The summed E-state index contributed by atoms with van der Waals surface area (Å²) in [6.45, 7) is 2.24. The number of anilines is 1. The van der Waals surface area contributed by atoms with E-state index in [-0.39, 0.29) is 11.0 Å². The van der Waals surface area contributed by atoms with Crippen LogP contribution in [0.25, 0.3) is 0 Å². The number of amides is 1. The lowest BCUT2D eigenvalue weighted by Gasteiger charge is -2.14. The molecule has 1 aromatic rings. The topological polar surface area (TPSA) is 59.6 Å². The zero-order valence-corrected chi connectivity index (χ0v) is 17.8. The van der Waals surface area contributed by atoms with Crippen LogP contribution < -0.4 is 20.1 Å². The number of hydrogen-bond donors (Lipinski definition) is 2. The van der Waals surface area contributed by atoms with Gasteiger partial charge in [0.1, 0.15) is 11.5 Å². The molecule has 0 atom stereocenters. The highest BCUT2D eigenvalue weighted by atomic mass is 32.1. The number of methoxy groups -OCH3 is 2. The predicted molar refractivity (Wildman–Crippen MR) is 116 cm³/mol. The average molecular weight is 395 g/mol. The lowest BCUT2D eigenvalue weighted by atomic mass is 10.1. The Labute approximate surface area is 169 Å². The normalized spacial score (nSPS) is 10.3. The number of benzene rings is 1. The molecule has 0 bridgehead atoms. The summed E-state index contributed by atoms with van der Waals surface area (Å²) in [6, 6.07) is 5.36. The molecule has 5 nitrogen and oxygen atoms in total. The molecule has 0 fully saturated rings. The van der Waals surface area contributed by atoms with E-state index < -0.39 is 0 Å². The molecule has 0 aliphatic carbocycles.